The van der Waals surface area contributed by atoms with Gasteiger partial charge in [-0.1, -0.05) is 40.5 Å². The Hall–Kier alpha value is -1.81. The Morgan fingerprint density at radius 3 is 2.37 bits per heavy atom. The molecule has 27 heavy (non-hydrogen) atoms. The first-order valence-electron chi connectivity index (χ1n) is 10.6. The van der Waals surface area contributed by atoms with Crippen molar-refractivity contribution < 1.29 is 9.64 Å². The molecule has 0 fully saturated rings. The maximum Gasteiger partial charge on any atom is 0.198 e. The van der Waals surface area contributed by atoms with E-state index in [2.05, 4.69) is 32.7 Å². The lowest BCUT2D eigenvalue weighted by Gasteiger charge is -2.20. The fourth-order valence-electron chi connectivity index (χ4n) is 3.40. The van der Waals surface area contributed by atoms with Gasteiger partial charge in [-0.15, -0.1) is 0 Å². The van der Waals surface area contributed by atoms with Crippen molar-refractivity contribution in [2.75, 3.05) is 19.7 Å². The summed E-state index contributed by atoms with van der Waals surface area (Å²) in [7, 11) is 0. The minimum absolute atomic E-state index is 0.154. The highest BCUT2D eigenvalue weighted by molar-refractivity contribution is 5.81. The number of aromatic nitrogens is 1. The summed E-state index contributed by atoms with van der Waals surface area (Å²) >= 11 is 0. The van der Waals surface area contributed by atoms with Gasteiger partial charge >= 0.3 is 0 Å². The summed E-state index contributed by atoms with van der Waals surface area (Å²) in [5, 5.41) is 0.738. The third kappa shape index (κ3) is 6.10. The molecule has 0 aliphatic heterocycles. The molecule has 0 aliphatic carbocycles. The van der Waals surface area contributed by atoms with Crippen molar-refractivity contribution in [2.24, 2.45) is 5.92 Å². The Morgan fingerprint density at radius 2 is 1.78 bits per heavy atom. The van der Waals surface area contributed by atoms with Gasteiger partial charge in [0.2, 0.25) is 0 Å². The lowest BCUT2D eigenvalue weighted by molar-refractivity contribution is -0.914. The van der Waals surface area contributed by atoms with Crippen molar-refractivity contribution in [2.45, 2.75) is 66.8 Å². The van der Waals surface area contributed by atoms with Crippen molar-refractivity contribution in [1.82, 2.24) is 4.98 Å². The molecule has 4 heteroatoms. The van der Waals surface area contributed by atoms with Crippen molar-refractivity contribution in [3.8, 4) is 5.75 Å². The molecule has 0 bridgehead atoms. The van der Waals surface area contributed by atoms with Crippen LogP contribution in [0.25, 0.3) is 10.9 Å². The second-order valence-electron chi connectivity index (χ2n) is 8.10. The third-order valence-corrected chi connectivity index (χ3v) is 5.06. The molecule has 2 rings (SSSR count). The number of hydrogen-bond donors (Lipinski definition) is 2. The Balaban J connectivity index is 2.32. The number of fused-ring (bicyclic) bond motifs is 1. The van der Waals surface area contributed by atoms with E-state index in [9.17, 15) is 4.79 Å². The summed E-state index contributed by atoms with van der Waals surface area (Å²) in [4.78, 5) is 18.2. The standard InChI is InChI=1S/C23H36N2O2/c1-6-8-12-25(13-9-7-2)15-21-18(5)24-22-11-10-19(27-16-17(3)4)14-20(22)23(21)26/h10-11,14,17H,6-9,12-13,15-16H2,1-5H3,(H,24,26)/p+1. The van der Waals surface area contributed by atoms with E-state index in [1.54, 1.807) is 0 Å². The van der Waals surface area contributed by atoms with Crippen molar-refractivity contribution in [3.63, 3.8) is 0 Å². The predicted molar refractivity (Wildman–Crippen MR) is 114 cm³/mol. The minimum Gasteiger partial charge on any atom is -0.493 e. The molecule has 0 spiro atoms. The van der Waals surface area contributed by atoms with Gasteiger partial charge in [0.25, 0.3) is 0 Å². The molecule has 4 nitrogen and oxygen atoms in total. The average Bonchev–Trinajstić information content (AvgIpc) is 2.65. The summed E-state index contributed by atoms with van der Waals surface area (Å²) in [5.74, 6) is 1.24. The zero-order chi connectivity index (χ0) is 19.8. The number of benzene rings is 1. The highest BCUT2D eigenvalue weighted by Gasteiger charge is 2.16. The minimum atomic E-state index is 0.154. The Morgan fingerprint density at radius 1 is 1.11 bits per heavy atom. The zero-order valence-corrected chi connectivity index (χ0v) is 17.8. The molecule has 1 heterocycles. The number of rotatable bonds is 11. The Bertz CT molecular complexity index is 772. The highest BCUT2D eigenvalue weighted by Crippen LogP contribution is 2.19. The number of aryl methyl sites for hydroxylation is 1. The average molecular weight is 374 g/mol. The van der Waals surface area contributed by atoms with Crippen LogP contribution in [0.3, 0.4) is 0 Å². The fourth-order valence-corrected chi connectivity index (χ4v) is 3.40. The van der Waals surface area contributed by atoms with E-state index in [1.807, 2.05) is 25.1 Å². The van der Waals surface area contributed by atoms with E-state index in [4.69, 9.17) is 4.74 Å². The molecule has 1 aromatic carbocycles. The maximum absolute atomic E-state index is 13.2. The van der Waals surface area contributed by atoms with Crippen LogP contribution in [0.15, 0.2) is 23.0 Å². The van der Waals surface area contributed by atoms with Gasteiger partial charge in [0.15, 0.2) is 5.43 Å². The van der Waals surface area contributed by atoms with E-state index in [-0.39, 0.29) is 5.43 Å². The first-order chi connectivity index (χ1) is 13.0. The van der Waals surface area contributed by atoms with Gasteiger partial charge in [0.1, 0.15) is 12.3 Å². The number of H-pyrrole nitrogens is 1. The molecule has 2 aromatic rings. The van der Waals surface area contributed by atoms with Crippen LogP contribution < -0.4 is 15.1 Å². The van der Waals surface area contributed by atoms with Gasteiger partial charge in [0.05, 0.1) is 25.3 Å². The van der Waals surface area contributed by atoms with Gasteiger partial charge < -0.3 is 14.6 Å². The molecule has 0 unspecified atom stereocenters. The number of pyridine rings is 1. The van der Waals surface area contributed by atoms with Crippen molar-refractivity contribution in [3.05, 3.63) is 39.7 Å². The molecule has 0 saturated heterocycles. The van der Waals surface area contributed by atoms with Crippen LogP contribution in [0.1, 0.15) is 64.6 Å². The number of unbranched alkanes of at least 4 members (excludes halogenated alkanes) is 2. The first kappa shape index (κ1) is 21.5. The van der Waals surface area contributed by atoms with Crippen LogP contribution in [0.5, 0.6) is 5.75 Å². The van der Waals surface area contributed by atoms with Crippen molar-refractivity contribution >= 4 is 10.9 Å². The second-order valence-corrected chi connectivity index (χ2v) is 8.10. The third-order valence-electron chi connectivity index (χ3n) is 5.06. The van der Waals surface area contributed by atoms with E-state index >= 15 is 0 Å². The predicted octanol–water partition coefficient (Wildman–Crippen LogP) is 3.86. The van der Waals surface area contributed by atoms with Gasteiger partial charge in [0, 0.05) is 16.6 Å². The fraction of sp³-hybridized carbons (Fsp3) is 0.609. The van der Waals surface area contributed by atoms with Crippen LogP contribution in [-0.2, 0) is 6.54 Å². The van der Waals surface area contributed by atoms with Gasteiger partial charge in [-0.25, -0.2) is 0 Å². The molecular weight excluding hydrogens is 336 g/mol. The van der Waals surface area contributed by atoms with Crippen molar-refractivity contribution in [1.29, 1.82) is 0 Å². The van der Waals surface area contributed by atoms with Gasteiger partial charge in [-0.05, 0) is 43.9 Å². The molecule has 150 valence electrons. The topological polar surface area (TPSA) is 46.5 Å². The zero-order valence-electron chi connectivity index (χ0n) is 17.8. The molecule has 0 saturated carbocycles. The van der Waals surface area contributed by atoms with E-state index in [1.165, 1.54) is 30.6 Å². The normalized spacial score (nSPS) is 11.7. The van der Waals surface area contributed by atoms with Gasteiger partial charge in [-0.3, -0.25) is 4.79 Å². The number of nitrogens with one attached hydrogen (secondary N) is 2. The van der Waals surface area contributed by atoms with Gasteiger partial charge in [-0.2, -0.15) is 0 Å². The largest absolute Gasteiger partial charge is 0.493 e. The summed E-state index contributed by atoms with van der Waals surface area (Å²) in [5.41, 5.74) is 2.96. The number of ether oxygens (including phenoxy) is 1. The quantitative estimate of drug-likeness (QED) is 0.628. The van der Waals surface area contributed by atoms with E-state index in [0.29, 0.717) is 12.5 Å². The molecule has 0 radical (unpaired) electrons. The van der Waals surface area contributed by atoms with Crippen LogP contribution in [-0.4, -0.2) is 24.7 Å². The molecule has 0 atom stereocenters. The first-order valence-corrected chi connectivity index (χ1v) is 10.6. The SMILES string of the molecule is CCCC[NH+](CCCC)Cc1c(C)[nH]c2ccc(OCC(C)C)cc2c1=O. The van der Waals surface area contributed by atoms with E-state index < -0.39 is 0 Å². The van der Waals surface area contributed by atoms with Crippen LogP contribution >= 0.6 is 0 Å². The highest BCUT2D eigenvalue weighted by atomic mass is 16.5. The van der Waals surface area contributed by atoms with Crippen LogP contribution in [0.2, 0.25) is 0 Å². The molecular formula is C23H37N2O2+. The van der Waals surface area contributed by atoms with Crippen LogP contribution in [0, 0.1) is 12.8 Å². The molecule has 0 amide bonds. The summed E-state index contributed by atoms with van der Waals surface area (Å²) in [6.07, 6.45) is 4.80. The Kier molecular flexibility index (Phi) is 8.36. The second kappa shape index (κ2) is 10.5. The summed E-state index contributed by atoms with van der Waals surface area (Å²) in [6.45, 7) is 14.4. The molecule has 0 aliphatic rings. The summed E-state index contributed by atoms with van der Waals surface area (Å²) < 4.78 is 5.83. The Labute approximate surface area is 163 Å². The summed E-state index contributed by atoms with van der Waals surface area (Å²) in [6, 6.07) is 5.80. The number of aromatic amines is 1. The molecule has 2 N–H and O–H groups in total. The lowest BCUT2D eigenvalue weighted by atomic mass is 10.1. The monoisotopic (exact) mass is 373 g/mol. The van der Waals surface area contributed by atoms with Crippen LogP contribution in [0.4, 0.5) is 0 Å². The maximum atomic E-state index is 13.2. The van der Waals surface area contributed by atoms with E-state index in [0.717, 1.165) is 47.5 Å². The molecule has 1 aromatic heterocycles. The lowest BCUT2D eigenvalue weighted by Crippen LogP contribution is -3.10. The smallest absolute Gasteiger partial charge is 0.198 e. The number of quaternary nitrogens is 1. The number of hydrogen-bond acceptors (Lipinski definition) is 2.